The summed E-state index contributed by atoms with van der Waals surface area (Å²) in [7, 11) is 0. The first-order valence-corrected chi connectivity index (χ1v) is 11.7. The second-order valence-electron chi connectivity index (χ2n) is 9.01. The lowest BCUT2D eigenvalue weighted by Gasteiger charge is -2.40. The highest BCUT2D eigenvalue weighted by Gasteiger charge is 2.44. The first-order chi connectivity index (χ1) is 16.8. The quantitative estimate of drug-likeness (QED) is 0.226. The Morgan fingerprint density at radius 2 is 1.94 bits per heavy atom. The van der Waals surface area contributed by atoms with Gasteiger partial charge in [0.2, 0.25) is 0 Å². The van der Waals surface area contributed by atoms with Gasteiger partial charge in [-0.2, -0.15) is 5.26 Å². The number of allylic oxidation sites excluding steroid dienone is 1. The molecule has 0 radical (unpaired) electrons. The Morgan fingerprint density at radius 1 is 1.20 bits per heavy atom. The minimum Gasteiger partial charge on any atom is -0.394 e. The summed E-state index contributed by atoms with van der Waals surface area (Å²) in [4.78, 5) is 15.3. The number of morpholine rings is 1. The number of aliphatic hydroxyl groups is 4. The monoisotopic (exact) mass is 485 g/mol. The Hall–Kier alpha value is -2.62. The maximum atomic E-state index is 12.9. The molecule has 1 aromatic rings. The summed E-state index contributed by atoms with van der Waals surface area (Å²) in [6, 6.07) is 6.60. The SMILES string of the molecule is C/C(=C(/C#N)C(=O)N[C@H]1C(O)O[C@H](CO)[C@@H](O)[C@@H]1O)c1ccc2c(c1)=CCC(N1CCOCC1)C=2. The largest absolute Gasteiger partial charge is 0.394 e. The lowest BCUT2D eigenvalue weighted by molar-refractivity contribution is -0.253. The van der Waals surface area contributed by atoms with Crippen molar-refractivity contribution in [3.8, 4) is 6.07 Å². The number of amides is 1. The molecule has 1 aromatic carbocycles. The van der Waals surface area contributed by atoms with Gasteiger partial charge in [-0.05, 0) is 41.0 Å². The molecule has 0 bridgehead atoms. The van der Waals surface area contributed by atoms with Gasteiger partial charge in [-0.25, -0.2) is 0 Å². The van der Waals surface area contributed by atoms with Crippen LogP contribution in [0.1, 0.15) is 18.9 Å². The fourth-order valence-electron chi connectivity index (χ4n) is 4.75. The van der Waals surface area contributed by atoms with Crippen molar-refractivity contribution in [3.63, 3.8) is 0 Å². The zero-order valence-electron chi connectivity index (χ0n) is 19.5. The van der Waals surface area contributed by atoms with E-state index in [1.165, 1.54) is 0 Å². The molecule has 2 heterocycles. The number of carbonyl (C=O) groups excluding carboxylic acids is 1. The van der Waals surface area contributed by atoms with Crippen molar-refractivity contribution in [1.82, 2.24) is 10.2 Å². The number of nitrogens with zero attached hydrogens (tertiary/aromatic N) is 2. The Balaban J connectivity index is 1.54. The molecule has 4 rings (SSSR count). The smallest absolute Gasteiger partial charge is 0.262 e. The first kappa shape index (κ1) is 25.5. The molecule has 35 heavy (non-hydrogen) atoms. The van der Waals surface area contributed by atoms with Crippen LogP contribution in [0.5, 0.6) is 0 Å². The Bertz CT molecular complexity index is 1140. The topological polar surface area (TPSA) is 156 Å². The molecule has 2 aliphatic heterocycles. The van der Waals surface area contributed by atoms with Gasteiger partial charge < -0.3 is 35.2 Å². The van der Waals surface area contributed by atoms with E-state index in [2.05, 4.69) is 22.4 Å². The van der Waals surface area contributed by atoms with Crippen LogP contribution in [0, 0.1) is 11.3 Å². The number of hydrogen-bond donors (Lipinski definition) is 5. The van der Waals surface area contributed by atoms with Crippen molar-refractivity contribution < 1.29 is 34.7 Å². The highest BCUT2D eigenvalue weighted by atomic mass is 16.6. The number of benzene rings is 1. The summed E-state index contributed by atoms with van der Waals surface area (Å²) < 4.78 is 10.5. The number of nitriles is 1. The second kappa shape index (κ2) is 11.0. The van der Waals surface area contributed by atoms with E-state index in [1.807, 2.05) is 24.3 Å². The minimum atomic E-state index is -1.66. The zero-order valence-corrected chi connectivity index (χ0v) is 19.5. The van der Waals surface area contributed by atoms with Crippen LogP contribution >= 0.6 is 0 Å². The molecule has 188 valence electrons. The number of fused-ring (bicyclic) bond motifs is 1. The molecule has 0 spiro atoms. The van der Waals surface area contributed by atoms with Gasteiger partial charge in [0, 0.05) is 19.1 Å². The molecule has 0 aromatic heterocycles. The maximum Gasteiger partial charge on any atom is 0.262 e. The van der Waals surface area contributed by atoms with Gasteiger partial charge in [0.05, 0.1) is 19.8 Å². The van der Waals surface area contributed by atoms with Crippen molar-refractivity contribution in [2.75, 3.05) is 32.9 Å². The van der Waals surface area contributed by atoms with Crippen LogP contribution in [0.3, 0.4) is 0 Å². The van der Waals surface area contributed by atoms with Gasteiger partial charge >= 0.3 is 0 Å². The summed E-state index contributed by atoms with van der Waals surface area (Å²) in [5.74, 6) is -0.813. The molecule has 1 amide bonds. The summed E-state index contributed by atoms with van der Waals surface area (Å²) in [5.41, 5.74) is 0.950. The Kier molecular flexibility index (Phi) is 7.98. The number of hydrogen-bond acceptors (Lipinski definition) is 9. The Morgan fingerprint density at radius 3 is 2.63 bits per heavy atom. The van der Waals surface area contributed by atoms with Crippen LogP contribution in [0.25, 0.3) is 17.7 Å². The molecule has 10 heteroatoms. The summed E-state index contributed by atoms with van der Waals surface area (Å²) >= 11 is 0. The highest BCUT2D eigenvalue weighted by molar-refractivity contribution is 6.04. The lowest BCUT2D eigenvalue weighted by Crippen LogP contribution is -2.64. The third kappa shape index (κ3) is 5.32. The van der Waals surface area contributed by atoms with Gasteiger partial charge in [0.25, 0.3) is 5.91 Å². The van der Waals surface area contributed by atoms with Crippen molar-refractivity contribution in [2.45, 2.75) is 50.0 Å². The molecule has 2 saturated heterocycles. The average molecular weight is 486 g/mol. The second-order valence-corrected chi connectivity index (χ2v) is 9.01. The summed E-state index contributed by atoms with van der Waals surface area (Å²) in [5, 5.41) is 53.9. The minimum absolute atomic E-state index is 0.186. The molecular formula is C25H31N3O7. The number of aliphatic hydroxyl groups excluding tert-OH is 4. The fraction of sp³-hybridized carbons (Fsp3) is 0.520. The molecule has 1 aliphatic carbocycles. The van der Waals surface area contributed by atoms with Crippen molar-refractivity contribution in [1.29, 1.82) is 5.26 Å². The third-order valence-electron chi connectivity index (χ3n) is 6.90. The van der Waals surface area contributed by atoms with Crippen LogP contribution in [0.15, 0.2) is 23.8 Å². The lowest BCUT2D eigenvalue weighted by atomic mass is 9.95. The summed E-state index contributed by atoms with van der Waals surface area (Å²) in [6.45, 7) is 4.32. The predicted molar refractivity (Wildman–Crippen MR) is 126 cm³/mol. The Labute approximate surface area is 203 Å². The van der Waals surface area contributed by atoms with E-state index >= 15 is 0 Å². The molecule has 6 atom stereocenters. The molecule has 5 N–H and O–H groups in total. The fourth-order valence-corrected chi connectivity index (χ4v) is 4.75. The molecule has 3 aliphatic rings. The van der Waals surface area contributed by atoms with Crippen molar-refractivity contribution >= 4 is 23.6 Å². The number of ether oxygens (including phenoxy) is 2. The van der Waals surface area contributed by atoms with E-state index < -0.39 is 43.2 Å². The van der Waals surface area contributed by atoms with Crippen LogP contribution in [-0.4, -0.2) is 101 Å². The predicted octanol–water partition coefficient (Wildman–Crippen LogP) is -2.43. The number of nitrogens with one attached hydrogen (secondary N) is 1. The number of carbonyl (C=O) groups is 1. The van der Waals surface area contributed by atoms with E-state index in [1.54, 1.807) is 6.92 Å². The molecule has 2 unspecified atom stereocenters. The van der Waals surface area contributed by atoms with Crippen LogP contribution in [-0.2, 0) is 14.3 Å². The van der Waals surface area contributed by atoms with Gasteiger partial charge in [-0.1, -0.05) is 24.3 Å². The van der Waals surface area contributed by atoms with Crippen molar-refractivity contribution in [2.24, 2.45) is 0 Å². The van der Waals surface area contributed by atoms with Gasteiger partial charge in [0.15, 0.2) is 6.29 Å². The normalized spacial score (nSPS) is 31.8. The molecule has 2 fully saturated rings. The van der Waals surface area contributed by atoms with Crippen LogP contribution in [0.4, 0.5) is 0 Å². The number of rotatable bonds is 5. The van der Waals surface area contributed by atoms with E-state index in [0.29, 0.717) is 17.2 Å². The molecule has 0 saturated carbocycles. The van der Waals surface area contributed by atoms with Crippen LogP contribution < -0.4 is 15.8 Å². The molecule has 10 nitrogen and oxygen atoms in total. The van der Waals surface area contributed by atoms with E-state index in [4.69, 9.17) is 9.47 Å². The van der Waals surface area contributed by atoms with E-state index in [9.17, 15) is 30.5 Å². The molecular weight excluding hydrogens is 454 g/mol. The van der Waals surface area contributed by atoms with Crippen molar-refractivity contribution in [3.05, 3.63) is 39.8 Å². The van der Waals surface area contributed by atoms with Gasteiger partial charge in [-0.15, -0.1) is 0 Å². The summed E-state index contributed by atoms with van der Waals surface area (Å²) in [6.07, 6.45) is -0.706. The van der Waals surface area contributed by atoms with E-state index in [0.717, 1.165) is 43.2 Å². The zero-order chi connectivity index (χ0) is 25.1. The van der Waals surface area contributed by atoms with E-state index in [-0.39, 0.29) is 5.57 Å². The highest BCUT2D eigenvalue weighted by Crippen LogP contribution is 2.22. The maximum absolute atomic E-state index is 12.9. The van der Waals surface area contributed by atoms with Gasteiger partial charge in [0.1, 0.15) is 36.0 Å². The van der Waals surface area contributed by atoms with Crippen LogP contribution in [0.2, 0.25) is 0 Å². The average Bonchev–Trinajstić information content (AvgIpc) is 2.88. The standard InChI is InChI=1S/C25H31N3O7/c1-14(19(12-26)24(32)27-21-23(31)22(30)20(13-29)35-25(21)33)15-2-3-17-11-18(5-4-16(17)10-15)28-6-8-34-9-7-28/h2-4,10-11,18,20-23,25,29-31,33H,5-9,13H2,1H3,(H,27,32)/b19-14+/t18?,20-,21-,22-,23-,25?/m1/s1. The first-order valence-electron chi connectivity index (χ1n) is 11.7. The van der Waals surface area contributed by atoms with Gasteiger partial charge in [-0.3, -0.25) is 9.69 Å². The third-order valence-corrected chi connectivity index (χ3v) is 6.90.